The standard InChI is InChI=1S/C26H52NO8P/c1-3-5-7-9-11-13-15-17-25(28)31-21-23-34-36(30,33-20-19-27)35-24-22-32-26(29)18-16-14-12-10-8-6-4-2/h3-24,27H2,1-2H3. The first-order chi connectivity index (χ1) is 17.5. The van der Waals surface area contributed by atoms with Crippen LogP contribution in [0.25, 0.3) is 0 Å². The summed E-state index contributed by atoms with van der Waals surface area (Å²) in [4.78, 5) is 23.7. The molecular weight excluding hydrogens is 485 g/mol. The van der Waals surface area contributed by atoms with Crippen LogP contribution >= 0.6 is 7.82 Å². The molecule has 0 atom stereocenters. The third-order valence-corrected chi connectivity index (χ3v) is 7.02. The van der Waals surface area contributed by atoms with E-state index >= 15 is 0 Å². The van der Waals surface area contributed by atoms with Crippen LogP contribution in [0.4, 0.5) is 0 Å². The molecule has 0 aromatic carbocycles. The molecule has 0 saturated heterocycles. The van der Waals surface area contributed by atoms with E-state index in [0.29, 0.717) is 12.8 Å². The van der Waals surface area contributed by atoms with Crippen molar-refractivity contribution in [2.24, 2.45) is 5.73 Å². The molecule has 214 valence electrons. The maximum atomic E-state index is 12.7. The summed E-state index contributed by atoms with van der Waals surface area (Å²) in [7, 11) is -3.90. The molecule has 0 aliphatic carbocycles. The average Bonchev–Trinajstić information content (AvgIpc) is 2.87. The van der Waals surface area contributed by atoms with Crippen molar-refractivity contribution >= 4 is 19.8 Å². The van der Waals surface area contributed by atoms with Crippen molar-refractivity contribution in [2.75, 3.05) is 39.6 Å². The van der Waals surface area contributed by atoms with Crippen molar-refractivity contribution in [3.63, 3.8) is 0 Å². The van der Waals surface area contributed by atoms with Crippen LogP contribution in [-0.4, -0.2) is 51.5 Å². The van der Waals surface area contributed by atoms with Crippen molar-refractivity contribution in [3.05, 3.63) is 0 Å². The highest BCUT2D eigenvalue weighted by atomic mass is 31.2. The molecule has 0 aliphatic heterocycles. The van der Waals surface area contributed by atoms with Gasteiger partial charge in [-0.15, -0.1) is 0 Å². The number of phosphoric ester groups is 1. The minimum Gasteiger partial charge on any atom is -0.463 e. The van der Waals surface area contributed by atoms with Gasteiger partial charge in [-0.2, -0.15) is 0 Å². The van der Waals surface area contributed by atoms with Gasteiger partial charge in [0.15, 0.2) is 0 Å². The monoisotopic (exact) mass is 537 g/mol. The number of esters is 2. The van der Waals surface area contributed by atoms with Crippen molar-refractivity contribution in [1.82, 2.24) is 0 Å². The Morgan fingerprint density at radius 2 is 0.917 bits per heavy atom. The van der Waals surface area contributed by atoms with Gasteiger partial charge in [-0.25, -0.2) is 4.57 Å². The van der Waals surface area contributed by atoms with E-state index in [9.17, 15) is 14.2 Å². The van der Waals surface area contributed by atoms with Gasteiger partial charge in [0.1, 0.15) is 13.2 Å². The molecule has 0 heterocycles. The second-order valence-electron chi connectivity index (χ2n) is 8.92. The maximum absolute atomic E-state index is 12.7. The molecule has 2 N–H and O–H groups in total. The molecule has 0 aromatic rings. The Balaban J connectivity index is 3.95. The Morgan fingerprint density at radius 1 is 0.556 bits per heavy atom. The van der Waals surface area contributed by atoms with E-state index in [0.717, 1.165) is 38.5 Å². The number of carbonyl (C=O) groups is 2. The molecule has 9 nitrogen and oxygen atoms in total. The molecule has 0 spiro atoms. The van der Waals surface area contributed by atoms with Crippen LogP contribution in [0.1, 0.15) is 117 Å². The van der Waals surface area contributed by atoms with Crippen LogP contribution in [0.5, 0.6) is 0 Å². The third-order valence-electron chi connectivity index (χ3n) is 5.53. The summed E-state index contributed by atoms with van der Waals surface area (Å²) in [5, 5.41) is 0. The van der Waals surface area contributed by atoms with E-state index in [1.165, 1.54) is 51.4 Å². The van der Waals surface area contributed by atoms with Crippen molar-refractivity contribution in [1.29, 1.82) is 0 Å². The zero-order chi connectivity index (χ0) is 26.7. The molecule has 0 amide bonds. The van der Waals surface area contributed by atoms with Gasteiger partial charge in [0.25, 0.3) is 0 Å². The SMILES string of the molecule is CCCCCCCCCC(=O)OCCOP(=O)(OCCN)OCCOC(=O)CCCCCCCCC. The predicted octanol–water partition coefficient (Wildman–Crippen LogP) is 6.47. The van der Waals surface area contributed by atoms with Gasteiger partial charge in [-0.1, -0.05) is 90.9 Å². The predicted molar refractivity (Wildman–Crippen MR) is 142 cm³/mol. The first-order valence-electron chi connectivity index (χ1n) is 14.0. The summed E-state index contributed by atoms with van der Waals surface area (Å²) in [5.74, 6) is -0.614. The molecular formula is C26H52NO8P. The van der Waals surface area contributed by atoms with E-state index in [1.807, 2.05) is 0 Å². The van der Waals surface area contributed by atoms with E-state index in [2.05, 4.69) is 13.8 Å². The minimum absolute atomic E-state index is 0.0205. The second kappa shape index (κ2) is 25.7. The Hall–Kier alpha value is -0.990. The second-order valence-corrected chi connectivity index (χ2v) is 10.6. The lowest BCUT2D eigenvalue weighted by molar-refractivity contribution is -0.145. The quantitative estimate of drug-likeness (QED) is 0.0713. The van der Waals surface area contributed by atoms with Crippen LogP contribution in [0, 0.1) is 0 Å². The van der Waals surface area contributed by atoms with Crippen molar-refractivity contribution in [3.8, 4) is 0 Å². The van der Waals surface area contributed by atoms with Crippen LogP contribution in [0.3, 0.4) is 0 Å². The first kappa shape index (κ1) is 35.0. The smallest absolute Gasteiger partial charge is 0.463 e. The Labute approximate surface area is 219 Å². The fourth-order valence-electron chi connectivity index (χ4n) is 3.48. The fraction of sp³-hybridized carbons (Fsp3) is 0.923. The van der Waals surface area contributed by atoms with E-state index in [1.54, 1.807) is 0 Å². The normalized spacial score (nSPS) is 11.5. The van der Waals surface area contributed by atoms with E-state index in [-0.39, 0.29) is 51.5 Å². The van der Waals surface area contributed by atoms with Gasteiger partial charge in [0, 0.05) is 19.4 Å². The molecule has 0 fully saturated rings. The first-order valence-corrected chi connectivity index (χ1v) is 15.5. The van der Waals surface area contributed by atoms with Crippen LogP contribution in [0.2, 0.25) is 0 Å². The largest absolute Gasteiger partial charge is 0.475 e. The molecule has 0 rings (SSSR count). The zero-order valence-electron chi connectivity index (χ0n) is 22.8. The summed E-state index contributed by atoms with van der Waals surface area (Å²) in [5.41, 5.74) is 5.41. The van der Waals surface area contributed by atoms with Gasteiger partial charge in [0.05, 0.1) is 19.8 Å². The van der Waals surface area contributed by atoms with E-state index in [4.69, 9.17) is 28.8 Å². The Morgan fingerprint density at radius 3 is 1.31 bits per heavy atom. The molecule has 0 bridgehead atoms. The number of hydrogen-bond donors (Lipinski definition) is 1. The molecule has 36 heavy (non-hydrogen) atoms. The van der Waals surface area contributed by atoms with Crippen LogP contribution in [0.15, 0.2) is 0 Å². The lowest BCUT2D eigenvalue weighted by atomic mass is 10.1. The molecule has 0 saturated carbocycles. The van der Waals surface area contributed by atoms with Gasteiger partial charge in [-0.3, -0.25) is 23.2 Å². The Bertz CT molecular complexity index is 534. The molecule has 0 unspecified atom stereocenters. The topological polar surface area (TPSA) is 123 Å². The minimum atomic E-state index is -3.90. The molecule has 10 heteroatoms. The summed E-state index contributed by atoms with van der Waals surface area (Å²) in [6.07, 6.45) is 16.4. The van der Waals surface area contributed by atoms with Crippen molar-refractivity contribution < 1.29 is 37.2 Å². The lowest BCUT2D eigenvalue weighted by Gasteiger charge is -2.17. The summed E-state index contributed by atoms with van der Waals surface area (Å²) in [6, 6.07) is 0. The highest BCUT2D eigenvalue weighted by molar-refractivity contribution is 7.48. The summed E-state index contributed by atoms with van der Waals surface area (Å²) >= 11 is 0. The number of ether oxygens (including phenoxy) is 2. The molecule has 0 radical (unpaired) electrons. The van der Waals surface area contributed by atoms with Gasteiger partial charge in [0.2, 0.25) is 0 Å². The molecule has 0 aromatic heterocycles. The van der Waals surface area contributed by atoms with Gasteiger partial charge < -0.3 is 15.2 Å². The van der Waals surface area contributed by atoms with Crippen LogP contribution < -0.4 is 5.73 Å². The number of phosphoric acid groups is 1. The lowest BCUT2D eigenvalue weighted by Crippen LogP contribution is -2.15. The number of rotatable bonds is 27. The highest BCUT2D eigenvalue weighted by Crippen LogP contribution is 2.49. The average molecular weight is 538 g/mol. The molecule has 0 aliphatic rings. The summed E-state index contributed by atoms with van der Waals surface area (Å²) < 4.78 is 38.5. The van der Waals surface area contributed by atoms with Crippen LogP contribution in [-0.2, 0) is 37.2 Å². The highest BCUT2D eigenvalue weighted by Gasteiger charge is 2.26. The van der Waals surface area contributed by atoms with Gasteiger partial charge >= 0.3 is 19.8 Å². The number of hydrogen-bond acceptors (Lipinski definition) is 9. The number of nitrogens with two attached hydrogens (primary N) is 1. The fourth-order valence-corrected chi connectivity index (χ4v) is 4.63. The summed E-state index contributed by atoms with van der Waals surface area (Å²) in [6.45, 7) is 4.11. The van der Waals surface area contributed by atoms with Crippen molar-refractivity contribution in [2.45, 2.75) is 117 Å². The maximum Gasteiger partial charge on any atom is 0.475 e. The number of carbonyl (C=O) groups excluding carboxylic acids is 2. The van der Waals surface area contributed by atoms with E-state index < -0.39 is 7.82 Å². The number of unbranched alkanes of at least 4 members (excludes halogenated alkanes) is 12. The third kappa shape index (κ3) is 23.4. The zero-order valence-corrected chi connectivity index (χ0v) is 23.7. The van der Waals surface area contributed by atoms with Gasteiger partial charge in [-0.05, 0) is 12.8 Å². The Kier molecular flexibility index (Phi) is 24.9.